The van der Waals surface area contributed by atoms with Crippen molar-refractivity contribution in [3.05, 3.63) is 135 Å². The van der Waals surface area contributed by atoms with Gasteiger partial charge < -0.3 is 14.9 Å². The van der Waals surface area contributed by atoms with Crippen LogP contribution in [0.1, 0.15) is 59.7 Å². The molecule has 2 fully saturated rings. The van der Waals surface area contributed by atoms with E-state index in [1.807, 2.05) is 43.3 Å². The smallest absolute Gasteiger partial charge is 0.339 e. The molecule has 0 unspecified atom stereocenters. The summed E-state index contributed by atoms with van der Waals surface area (Å²) in [4.78, 5) is 30.8. The molecule has 5 heterocycles. The Labute approximate surface area is 346 Å². The van der Waals surface area contributed by atoms with Gasteiger partial charge in [-0.2, -0.15) is 0 Å². The second kappa shape index (κ2) is 14.1. The lowest BCUT2D eigenvalue weighted by Crippen LogP contribution is -2.50. The van der Waals surface area contributed by atoms with Gasteiger partial charge in [-0.05, 0) is 69.8 Å². The fraction of sp³-hybridized carbons (Fsp3) is 0.255. The minimum atomic E-state index is -2.58. The second-order valence-electron chi connectivity index (χ2n) is 16.6. The summed E-state index contributed by atoms with van der Waals surface area (Å²) in [6.07, 6.45) is 9.03. The lowest BCUT2D eigenvalue weighted by Gasteiger charge is -2.40. The Morgan fingerprint density at radius 1 is 0.883 bits per heavy atom. The molecule has 13 heteroatoms. The summed E-state index contributed by atoms with van der Waals surface area (Å²) in [6, 6.07) is 20.2. The van der Waals surface area contributed by atoms with E-state index < -0.39 is 48.3 Å². The lowest BCUT2D eigenvalue weighted by atomic mass is 9.86. The number of halogens is 3. The molecule has 0 spiro atoms. The molecule has 0 saturated carbocycles. The van der Waals surface area contributed by atoms with Crippen LogP contribution in [0.5, 0.6) is 0 Å². The first-order valence-electron chi connectivity index (χ1n) is 20.5. The van der Waals surface area contributed by atoms with Gasteiger partial charge in [0, 0.05) is 54.0 Å². The number of hydrogen-bond donors (Lipinski definition) is 1. The quantitative estimate of drug-likeness (QED) is 0.106. The molecule has 60 heavy (non-hydrogen) atoms. The Hall–Kier alpha value is -6.34. The summed E-state index contributed by atoms with van der Waals surface area (Å²) < 4.78 is 55.3. The predicted octanol–water partition coefficient (Wildman–Crippen LogP) is 8.20. The summed E-state index contributed by atoms with van der Waals surface area (Å²) in [5.41, 5.74) is 3.41. The molecule has 0 atom stereocenters. The van der Waals surface area contributed by atoms with Gasteiger partial charge in [-0.25, -0.2) is 27.2 Å². The van der Waals surface area contributed by atoms with Crippen molar-refractivity contribution in [2.45, 2.75) is 52.2 Å². The molecule has 1 aromatic heterocycles. The van der Waals surface area contributed by atoms with E-state index in [9.17, 15) is 14.7 Å². The molecule has 1 aliphatic carbocycles. The SMILES string of the molecule is CCCC(=O)N1Cc2ccccc2-c2c(nnn2-c2c(F)c(F)c(C(=O)O)c(C3=C4C=CC(=[N+]5CCC5)C=C4[Si](C)(C)c4cc(N5CCC5)ccc43)c2F)-c2ccccc21. The number of fused-ring (bicyclic) bond motifs is 7. The van der Waals surface area contributed by atoms with Crippen molar-refractivity contribution in [2.24, 2.45) is 0 Å². The second-order valence-corrected chi connectivity index (χ2v) is 20.9. The number of aromatic carboxylic acids is 1. The summed E-state index contributed by atoms with van der Waals surface area (Å²) in [7, 11) is -2.58. The molecule has 4 aliphatic heterocycles. The zero-order valence-corrected chi connectivity index (χ0v) is 34.5. The number of carbonyl (C=O) groups excluding carboxylic acids is 1. The number of carbonyl (C=O) groups is 2. The van der Waals surface area contributed by atoms with Crippen molar-refractivity contribution in [3.63, 3.8) is 0 Å². The number of para-hydroxylation sites is 1. The van der Waals surface area contributed by atoms with E-state index in [0.29, 0.717) is 46.4 Å². The third kappa shape index (κ3) is 5.61. The van der Waals surface area contributed by atoms with Crippen LogP contribution < -0.4 is 15.0 Å². The molecule has 4 aromatic carbocycles. The molecule has 2 saturated heterocycles. The van der Waals surface area contributed by atoms with Crippen LogP contribution in [-0.4, -0.2) is 76.5 Å². The molecule has 5 aromatic rings. The van der Waals surface area contributed by atoms with E-state index in [1.165, 1.54) is 0 Å². The number of amides is 1. The summed E-state index contributed by atoms with van der Waals surface area (Å²) >= 11 is 0. The number of rotatable bonds is 6. The van der Waals surface area contributed by atoms with Gasteiger partial charge in [0.25, 0.3) is 0 Å². The number of aromatic nitrogens is 3. The number of carboxylic acids is 1. The minimum Gasteiger partial charge on any atom is -0.478 e. The van der Waals surface area contributed by atoms with Crippen LogP contribution in [0.15, 0.2) is 95.7 Å². The van der Waals surface area contributed by atoms with E-state index in [0.717, 1.165) is 65.5 Å². The number of benzene rings is 4. The summed E-state index contributed by atoms with van der Waals surface area (Å²) in [5.74, 6) is -6.60. The Balaban J connectivity index is 1.27. The summed E-state index contributed by atoms with van der Waals surface area (Å²) in [6.45, 7) is 10.1. The van der Waals surface area contributed by atoms with E-state index in [4.69, 9.17) is 0 Å². The highest BCUT2D eigenvalue weighted by molar-refractivity contribution is 6.98. The lowest BCUT2D eigenvalue weighted by molar-refractivity contribution is -0.582. The zero-order chi connectivity index (χ0) is 41.6. The maximum absolute atomic E-state index is 18.2. The van der Waals surface area contributed by atoms with Crippen molar-refractivity contribution in [3.8, 4) is 28.2 Å². The van der Waals surface area contributed by atoms with Crippen LogP contribution >= 0.6 is 0 Å². The number of allylic oxidation sites excluding steroid dienone is 5. The van der Waals surface area contributed by atoms with Crippen LogP contribution in [0.25, 0.3) is 33.8 Å². The van der Waals surface area contributed by atoms with Gasteiger partial charge in [0.15, 0.2) is 23.2 Å². The van der Waals surface area contributed by atoms with Gasteiger partial charge in [0.1, 0.15) is 43.8 Å². The minimum absolute atomic E-state index is 0.103. The van der Waals surface area contributed by atoms with Gasteiger partial charge in [-0.3, -0.25) is 4.79 Å². The highest BCUT2D eigenvalue weighted by Gasteiger charge is 2.44. The van der Waals surface area contributed by atoms with Crippen molar-refractivity contribution in [2.75, 3.05) is 36.0 Å². The summed E-state index contributed by atoms with van der Waals surface area (Å²) in [5, 5.41) is 21.4. The maximum Gasteiger partial charge on any atom is 0.339 e. The monoisotopic (exact) mass is 823 g/mol. The molecular weight excluding hydrogens is 782 g/mol. The number of nitrogens with zero attached hydrogens (tertiary/aromatic N) is 6. The fourth-order valence-corrected chi connectivity index (χ4v) is 12.5. The molecule has 1 N–H and O–H groups in total. The fourth-order valence-electron chi connectivity index (χ4n) is 9.39. The zero-order valence-electron chi connectivity index (χ0n) is 33.5. The number of anilines is 2. The van der Waals surface area contributed by atoms with E-state index >= 15 is 13.2 Å². The third-order valence-corrected chi connectivity index (χ3v) is 16.3. The molecule has 302 valence electrons. The number of carboxylic acid groups (broad SMARTS) is 1. The van der Waals surface area contributed by atoms with E-state index in [-0.39, 0.29) is 29.4 Å². The van der Waals surface area contributed by atoms with Crippen molar-refractivity contribution in [1.29, 1.82) is 0 Å². The Morgan fingerprint density at radius 3 is 2.33 bits per heavy atom. The van der Waals surface area contributed by atoms with E-state index in [1.54, 1.807) is 41.3 Å². The molecule has 1 amide bonds. The van der Waals surface area contributed by atoms with Gasteiger partial charge in [-0.1, -0.05) is 73.8 Å². The van der Waals surface area contributed by atoms with Crippen LogP contribution in [0.2, 0.25) is 13.1 Å². The predicted molar refractivity (Wildman–Crippen MR) is 228 cm³/mol. The van der Waals surface area contributed by atoms with Crippen LogP contribution in [0, 0.1) is 17.5 Å². The highest BCUT2D eigenvalue weighted by Crippen LogP contribution is 2.47. The molecule has 9 nitrogen and oxygen atoms in total. The van der Waals surface area contributed by atoms with Crippen LogP contribution in [-0.2, 0) is 11.3 Å². The Kier molecular flexibility index (Phi) is 8.94. The first-order valence-corrected chi connectivity index (χ1v) is 23.5. The average Bonchev–Trinajstić information content (AvgIpc) is 3.61. The Morgan fingerprint density at radius 2 is 1.63 bits per heavy atom. The molecule has 0 radical (unpaired) electrons. The first-order chi connectivity index (χ1) is 29.0. The van der Waals surface area contributed by atoms with Gasteiger partial charge in [0.2, 0.25) is 5.91 Å². The van der Waals surface area contributed by atoms with Crippen molar-refractivity contribution in [1.82, 2.24) is 15.0 Å². The Bertz CT molecular complexity index is 2850. The molecular formula is C47H42F3N6O3Si+. The normalized spacial score (nSPS) is 17.3. The first kappa shape index (κ1) is 37.9. The molecule has 0 bridgehead atoms. The highest BCUT2D eigenvalue weighted by atomic mass is 28.3. The molecule has 5 aliphatic rings. The van der Waals surface area contributed by atoms with Crippen LogP contribution in [0.3, 0.4) is 0 Å². The van der Waals surface area contributed by atoms with Crippen molar-refractivity contribution < 1.29 is 32.4 Å². The third-order valence-electron chi connectivity index (χ3n) is 12.8. The molecule has 10 rings (SSSR count). The van der Waals surface area contributed by atoms with E-state index in [2.05, 4.69) is 45.0 Å². The topological polar surface area (TPSA) is 94.6 Å². The average molecular weight is 824 g/mol. The van der Waals surface area contributed by atoms with Crippen LogP contribution in [0.4, 0.5) is 24.5 Å². The van der Waals surface area contributed by atoms with Gasteiger partial charge >= 0.3 is 5.97 Å². The van der Waals surface area contributed by atoms with Gasteiger partial charge in [-0.15, -0.1) is 5.10 Å². The standard InChI is InChI=1S/C47H41F3N6O3Si/c1-4-11-37(57)55-26-27-12-5-6-13-30(27)45-44(31-14-7-8-15-34(31)55)51-52-56(45)46-42(49)39(40(47(58)59)41(48)43(46)50)38-32-18-16-28(53-20-9-21-53)24-35(32)60(2,3)36-25-29(17-19-33(36)38)54-22-10-23-54/h5-8,12-19,24-25H,4,9-11,20-23,26H2,1-3H3/p+1. The van der Waals surface area contributed by atoms with Crippen molar-refractivity contribution >= 4 is 47.8 Å². The maximum atomic E-state index is 18.2. The van der Waals surface area contributed by atoms with Gasteiger partial charge in [0.05, 0.1) is 18.7 Å². The number of hydrogen-bond acceptors (Lipinski definition) is 5. The largest absolute Gasteiger partial charge is 0.478 e.